The Hall–Kier alpha value is 0.410. The lowest BCUT2D eigenvalue weighted by atomic mass is 10.1. The molecular weight excluding hydrogens is 313 g/mol. The maximum absolute atomic E-state index is 11.4. The van der Waals surface area contributed by atoms with E-state index in [-0.39, 0.29) is 12.2 Å². The highest BCUT2D eigenvalue weighted by atomic mass is 35.6. The standard InChI is InChI=1S/C8H14Cl3NO4S/c1-3-6(7(13)4-2)12-17(14,15)16-5-8(9,10)11/h6,12H,3-5H2,1-2H3. The predicted octanol–water partition coefficient (Wildman–Crippen LogP) is 1.97. The van der Waals surface area contributed by atoms with E-state index >= 15 is 0 Å². The summed E-state index contributed by atoms with van der Waals surface area (Å²) in [5.74, 6) is -0.228. The van der Waals surface area contributed by atoms with E-state index in [0.717, 1.165) is 0 Å². The molecule has 0 aliphatic heterocycles. The van der Waals surface area contributed by atoms with Gasteiger partial charge in [-0.3, -0.25) is 8.98 Å². The molecule has 0 aliphatic rings. The average Bonchev–Trinajstić information content (AvgIpc) is 2.21. The summed E-state index contributed by atoms with van der Waals surface area (Å²) in [5, 5.41) is 0. The van der Waals surface area contributed by atoms with E-state index in [1.807, 2.05) is 0 Å². The van der Waals surface area contributed by atoms with Crippen LogP contribution in [0.1, 0.15) is 26.7 Å². The second-order valence-corrected chi connectivity index (χ2v) is 7.13. The zero-order valence-corrected chi connectivity index (χ0v) is 12.5. The fraction of sp³-hybridized carbons (Fsp3) is 0.875. The number of Topliss-reactive ketones (excluding diaryl/α,β-unsaturated/α-hetero) is 1. The van der Waals surface area contributed by atoms with E-state index in [9.17, 15) is 13.2 Å². The third-order valence-electron chi connectivity index (χ3n) is 1.81. The summed E-state index contributed by atoms with van der Waals surface area (Å²) in [7, 11) is -4.11. The van der Waals surface area contributed by atoms with Crippen LogP contribution in [-0.2, 0) is 19.3 Å². The molecule has 0 aliphatic carbocycles. The zero-order chi connectivity index (χ0) is 13.7. The van der Waals surface area contributed by atoms with Crippen LogP contribution >= 0.6 is 34.8 Å². The Morgan fingerprint density at radius 3 is 2.24 bits per heavy atom. The van der Waals surface area contributed by atoms with Crippen LogP contribution in [0, 0.1) is 0 Å². The number of hydrogen-bond acceptors (Lipinski definition) is 4. The van der Waals surface area contributed by atoms with Gasteiger partial charge in [-0.15, -0.1) is 0 Å². The lowest BCUT2D eigenvalue weighted by molar-refractivity contribution is -0.120. The fourth-order valence-corrected chi connectivity index (χ4v) is 2.38. The van der Waals surface area contributed by atoms with E-state index in [0.29, 0.717) is 6.42 Å². The van der Waals surface area contributed by atoms with Crippen LogP contribution in [0.2, 0.25) is 0 Å². The third-order valence-corrected chi connectivity index (χ3v) is 3.14. The molecule has 1 unspecified atom stereocenters. The number of carbonyl (C=O) groups is 1. The maximum Gasteiger partial charge on any atom is 0.336 e. The Bertz CT molecular complexity index is 352. The topological polar surface area (TPSA) is 72.5 Å². The number of rotatable bonds is 7. The van der Waals surface area contributed by atoms with Gasteiger partial charge in [0.15, 0.2) is 5.78 Å². The van der Waals surface area contributed by atoms with Crippen LogP contribution in [0.3, 0.4) is 0 Å². The van der Waals surface area contributed by atoms with Crippen LogP contribution in [0.15, 0.2) is 0 Å². The predicted molar refractivity (Wildman–Crippen MR) is 67.7 cm³/mol. The van der Waals surface area contributed by atoms with Crippen LogP contribution in [-0.4, -0.2) is 30.6 Å². The highest BCUT2D eigenvalue weighted by Crippen LogP contribution is 2.26. The molecule has 9 heteroatoms. The lowest BCUT2D eigenvalue weighted by Gasteiger charge is -2.16. The van der Waals surface area contributed by atoms with Crippen molar-refractivity contribution in [3.05, 3.63) is 0 Å². The molecule has 102 valence electrons. The minimum absolute atomic E-state index is 0.228. The molecule has 5 nitrogen and oxygen atoms in total. The lowest BCUT2D eigenvalue weighted by Crippen LogP contribution is -2.41. The quantitative estimate of drug-likeness (QED) is 0.726. The Kier molecular flexibility index (Phi) is 7.28. The summed E-state index contributed by atoms with van der Waals surface area (Å²) in [4.78, 5) is 11.4. The van der Waals surface area contributed by atoms with Gasteiger partial charge >= 0.3 is 10.3 Å². The first kappa shape index (κ1) is 17.4. The first-order valence-corrected chi connectivity index (χ1v) is 7.41. The van der Waals surface area contributed by atoms with Crippen molar-refractivity contribution in [1.82, 2.24) is 4.72 Å². The zero-order valence-electron chi connectivity index (χ0n) is 9.37. The normalized spacial score (nSPS) is 14.6. The van der Waals surface area contributed by atoms with E-state index in [1.165, 1.54) is 0 Å². The first-order valence-electron chi connectivity index (χ1n) is 4.87. The van der Waals surface area contributed by atoms with Gasteiger partial charge in [-0.1, -0.05) is 48.7 Å². The molecule has 0 rings (SSSR count). The highest BCUT2D eigenvalue weighted by Gasteiger charge is 2.27. The molecule has 0 spiro atoms. The molecule has 0 aromatic carbocycles. The molecule has 1 atom stereocenters. The molecule has 17 heavy (non-hydrogen) atoms. The molecule has 0 radical (unpaired) electrons. The van der Waals surface area contributed by atoms with Gasteiger partial charge in [0.1, 0.15) is 6.61 Å². The Morgan fingerprint density at radius 1 is 1.35 bits per heavy atom. The molecule has 0 aromatic heterocycles. The molecule has 0 saturated heterocycles. The number of carbonyl (C=O) groups excluding carboxylic acids is 1. The van der Waals surface area contributed by atoms with Crippen molar-refractivity contribution in [3.8, 4) is 0 Å². The van der Waals surface area contributed by atoms with Gasteiger partial charge in [-0.05, 0) is 6.42 Å². The second-order valence-electron chi connectivity index (χ2n) is 3.23. The van der Waals surface area contributed by atoms with E-state index in [2.05, 4.69) is 8.91 Å². The monoisotopic (exact) mass is 325 g/mol. The van der Waals surface area contributed by atoms with Gasteiger partial charge in [0, 0.05) is 6.42 Å². The summed E-state index contributed by atoms with van der Waals surface area (Å²) in [6, 6.07) is -0.819. The van der Waals surface area contributed by atoms with Crippen molar-refractivity contribution in [3.63, 3.8) is 0 Å². The Balaban J connectivity index is 4.48. The molecule has 0 amide bonds. The Morgan fingerprint density at radius 2 is 1.88 bits per heavy atom. The number of nitrogens with one attached hydrogen (secondary N) is 1. The van der Waals surface area contributed by atoms with Crippen molar-refractivity contribution in [2.45, 2.75) is 36.5 Å². The maximum atomic E-state index is 11.4. The van der Waals surface area contributed by atoms with E-state index in [4.69, 9.17) is 34.8 Å². The van der Waals surface area contributed by atoms with Crippen LogP contribution < -0.4 is 4.72 Å². The third kappa shape index (κ3) is 8.18. The van der Waals surface area contributed by atoms with Gasteiger partial charge in [0.05, 0.1) is 6.04 Å². The second kappa shape index (κ2) is 7.11. The largest absolute Gasteiger partial charge is 0.336 e. The smallest absolute Gasteiger partial charge is 0.298 e. The number of ketones is 1. The number of hydrogen-bond donors (Lipinski definition) is 1. The molecular formula is C8H14Cl3NO4S. The van der Waals surface area contributed by atoms with Gasteiger partial charge in [-0.2, -0.15) is 13.1 Å². The summed E-state index contributed by atoms with van der Waals surface area (Å²) in [6.45, 7) is 2.70. The first-order chi connectivity index (χ1) is 7.61. The molecule has 0 aromatic rings. The minimum Gasteiger partial charge on any atom is -0.298 e. The van der Waals surface area contributed by atoms with Gasteiger partial charge in [-0.25, -0.2) is 0 Å². The summed E-state index contributed by atoms with van der Waals surface area (Å²) >= 11 is 16.0. The van der Waals surface area contributed by atoms with Gasteiger partial charge in [0.25, 0.3) is 0 Å². The van der Waals surface area contributed by atoms with Gasteiger partial charge in [0.2, 0.25) is 3.79 Å². The summed E-state index contributed by atoms with van der Waals surface area (Å²) < 4.78 is 27.5. The molecule has 0 saturated carbocycles. The summed E-state index contributed by atoms with van der Waals surface area (Å²) in [5.41, 5.74) is 0. The van der Waals surface area contributed by atoms with Crippen LogP contribution in [0.5, 0.6) is 0 Å². The van der Waals surface area contributed by atoms with Crippen molar-refractivity contribution in [2.24, 2.45) is 0 Å². The highest BCUT2D eigenvalue weighted by molar-refractivity contribution is 7.84. The number of halogens is 3. The van der Waals surface area contributed by atoms with Crippen molar-refractivity contribution >= 4 is 50.9 Å². The SMILES string of the molecule is CCC(=O)C(CC)NS(=O)(=O)OCC(Cl)(Cl)Cl. The van der Waals surface area contributed by atoms with Crippen LogP contribution in [0.4, 0.5) is 0 Å². The molecule has 1 N–H and O–H groups in total. The summed E-state index contributed by atoms with van der Waals surface area (Å²) in [6.07, 6.45) is 0.550. The van der Waals surface area contributed by atoms with E-state index in [1.54, 1.807) is 13.8 Å². The van der Waals surface area contributed by atoms with Crippen molar-refractivity contribution < 1.29 is 17.4 Å². The van der Waals surface area contributed by atoms with Crippen LogP contribution in [0.25, 0.3) is 0 Å². The van der Waals surface area contributed by atoms with Crippen molar-refractivity contribution in [2.75, 3.05) is 6.61 Å². The average molecular weight is 327 g/mol. The van der Waals surface area contributed by atoms with Gasteiger partial charge < -0.3 is 0 Å². The number of alkyl halides is 3. The van der Waals surface area contributed by atoms with Crippen molar-refractivity contribution in [1.29, 1.82) is 0 Å². The Labute approximate surface area is 116 Å². The minimum atomic E-state index is -4.11. The van der Waals surface area contributed by atoms with E-state index < -0.39 is 26.7 Å². The molecule has 0 fully saturated rings. The molecule has 0 heterocycles. The fourth-order valence-electron chi connectivity index (χ4n) is 0.976. The molecule has 0 bridgehead atoms.